The maximum atomic E-state index is 9.26. The number of aliphatic hydroxyl groups excluding tert-OH is 1. The number of methoxy groups -OCH3 is 1. The first-order valence-electron chi connectivity index (χ1n) is 4.55. The van der Waals surface area contributed by atoms with Crippen molar-refractivity contribution in [3.8, 4) is 0 Å². The van der Waals surface area contributed by atoms with Crippen LogP contribution in [0.1, 0.15) is 26.7 Å². The molecular weight excluding hydrogens is 156 g/mol. The van der Waals surface area contributed by atoms with Crippen LogP contribution in [0.4, 0.5) is 0 Å². The smallest absolute Gasteiger partial charge is 0.109 e. The molecule has 0 saturated heterocycles. The van der Waals surface area contributed by atoms with E-state index < -0.39 is 0 Å². The lowest BCUT2D eigenvalue weighted by Crippen LogP contribution is -2.54. The van der Waals surface area contributed by atoms with E-state index in [0.29, 0.717) is 6.42 Å². The van der Waals surface area contributed by atoms with Crippen LogP contribution in [0.5, 0.6) is 0 Å². The molecule has 0 heterocycles. The highest BCUT2D eigenvalue weighted by molar-refractivity contribution is 4.92. The highest BCUT2D eigenvalue weighted by Crippen LogP contribution is 2.27. The van der Waals surface area contributed by atoms with Crippen LogP contribution in [0.3, 0.4) is 0 Å². The van der Waals surface area contributed by atoms with Crippen LogP contribution in [-0.4, -0.2) is 36.6 Å². The first-order valence-corrected chi connectivity index (χ1v) is 4.55. The molecule has 0 aliphatic heterocycles. The second kappa shape index (κ2) is 4.21. The zero-order chi connectivity index (χ0) is 9.14. The van der Waals surface area contributed by atoms with Crippen molar-refractivity contribution in [1.82, 2.24) is 0 Å². The zero-order valence-corrected chi connectivity index (χ0v) is 7.99. The number of rotatable bonds is 4. The minimum Gasteiger partial charge on any atom is -0.390 e. The minimum atomic E-state index is -0.330. The maximum absolute atomic E-state index is 9.26. The molecule has 1 aliphatic carbocycles. The van der Waals surface area contributed by atoms with Crippen LogP contribution in [-0.2, 0) is 9.47 Å². The topological polar surface area (TPSA) is 38.7 Å². The summed E-state index contributed by atoms with van der Waals surface area (Å²) in [4.78, 5) is 0. The molecule has 1 saturated carbocycles. The third-order valence-corrected chi connectivity index (χ3v) is 2.47. The van der Waals surface area contributed by atoms with Gasteiger partial charge in [0.15, 0.2) is 0 Å². The molecule has 1 aliphatic rings. The Kier molecular flexibility index (Phi) is 3.50. The largest absolute Gasteiger partial charge is 0.390 e. The Bertz CT molecular complexity index is 138. The van der Waals surface area contributed by atoms with Crippen molar-refractivity contribution in [3.63, 3.8) is 0 Å². The van der Waals surface area contributed by atoms with Crippen molar-refractivity contribution >= 4 is 0 Å². The van der Waals surface area contributed by atoms with E-state index in [2.05, 4.69) is 6.92 Å². The first-order chi connectivity index (χ1) is 5.69. The molecule has 0 aromatic carbocycles. The molecule has 0 spiro atoms. The lowest BCUT2D eigenvalue weighted by Gasteiger charge is -2.41. The van der Waals surface area contributed by atoms with Crippen molar-refractivity contribution in [3.05, 3.63) is 0 Å². The summed E-state index contributed by atoms with van der Waals surface area (Å²) in [6.07, 6.45) is 1.63. The quantitative estimate of drug-likeness (QED) is 0.689. The average molecular weight is 174 g/mol. The fourth-order valence-electron chi connectivity index (χ4n) is 1.39. The summed E-state index contributed by atoms with van der Waals surface area (Å²) < 4.78 is 10.7. The Morgan fingerprint density at radius 1 is 1.58 bits per heavy atom. The van der Waals surface area contributed by atoms with Crippen molar-refractivity contribution in [2.75, 3.05) is 7.11 Å². The Labute approximate surface area is 73.7 Å². The van der Waals surface area contributed by atoms with Gasteiger partial charge >= 0.3 is 0 Å². The fraction of sp³-hybridized carbons (Fsp3) is 1.00. The lowest BCUT2D eigenvalue weighted by molar-refractivity contribution is -0.195. The van der Waals surface area contributed by atoms with E-state index in [-0.39, 0.29) is 24.4 Å². The van der Waals surface area contributed by atoms with Crippen molar-refractivity contribution in [1.29, 1.82) is 0 Å². The van der Waals surface area contributed by atoms with Gasteiger partial charge in [0.2, 0.25) is 0 Å². The molecule has 72 valence electrons. The Morgan fingerprint density at radius 2 is 2.25 bits per heavy atom. The second-order valence-electron chi connectivity index (χ2n) is 3.40. The van der Waals surface area contributed by atoms with Crippen LogP contribution >= 0.6 is 0 Å². The molecule has 0 bridgehead atoms. The molecule has 12 heavy (non-hydrogen) atoms. The van der Waals surface area contributed by atoms with Crippen LogP contribution in [0.15, 0.2) is 0 Å². The molecule has 0 amide bonds. The van der Waals surface area contributed by atoms with E-state index in [1.165, 1.54) is 0 Å². The summed E-state index contributed by atoms with van der Waals surface area (Å²) in [5.41, 5.74) is 0. The average Bonchev–Trinajstić information content (AvgIpc) is 2.04. The standard InChI is InChI=1S/C9H18O3/c1-4-6(2)12-8-5-7(10)9(8)11-3/h6-10H,4-5H2,1-3H3. The van der Waals surface area contributed by atoms with E-state index >= 15 is 0 Å². The van der Waals surface area contributed by atoms with Gasteiger partial charge in [-0.15, -0.1) is 0 Å². The Hall–Kier alpha value is -0.120. The van der Waals surface area contributed by atoms with E-state index in [4.69, 9.17) is 9.47 Å². The van der Waals surface area contributed by atoms with Gasteiger partial charge < -0.3 is 14.6 Å². The van der Waals surface area contributed by atoms with Gasteiger partial charge in [0.1, 0.15) is 6.10 Å². The number of ether oxygens (including phenoxy) is 2. The molecule has 3 nitrogen and oxygen atoms in total. The summed E-state index contributed by atoms with van der Waals surface area (Å²) in [5, 5.41) is 9.26. The van der Waals surface area contributed by atoms with Gasteiger partial charge in [-0.1, -0.05) is 6.92 Å². The highest BCUT2D eigenvalue weighted by atomic mass is 16.6. The molecule has 1 rings (SSSR count). The molecule has 0 radical (unpaired) electrons. The SMILES string of the molecule is CCC(C)OC1CC(O)C1OC. The van der Waals surface area contributed by atoms with Gasteiger partial charge in [-0.05, 0) is 13.3 Å². The monoisotopic (exact) mass is 174 g/mol. The number of aliphatic hydroxyl groups is 1. The predicted molar refractivity (Wildman–Crippen MR) is 46.0 cm³/mol. The molecule has 1 N–H and O–H groups in total. The van der Waals surface area contributed by atoms with Gasteiger partial charge in [0.05, 0.1) is 18.3 Å². The molecular formula is C9H18O3. The van der Waals surface area contributed by atoms with E-state index in [1.807, 2.05) is 6.92 Å². The highest BCUT2D eigenvalue weighted by Gasteiger charge is 2.41. The molecule has 1 fully saturated rings. The summed E-state index contributed by atoms with van der Waals surface area (Å²) >= 11 is 0. The summed E-state index contributed by atoms with van der Waals surface area (Å²) in [5.74, 6) is 0. The molecule has 0 aromatic heterocycles. The summed E-state index contributed by atoms with van der Waals surface area (Å²) in [6, 6.07) is 0. The number of hydrogen-bond donors (Lipinski definition) is 1. The Morgan fingerprint density at radius 3 is 2.67 bits per heavy atom. The number of hydrogen-bond acceptors (Lipinski definition) is 3. The van der Waals surface area contributed by atoms with Crippen molar-refractivity contribution in [2.24, 2.45) is 0 Å². The van der Waals surface area contributed by atoms with E-state index in [1.54, 1.807) is 7.11 Å². The Balaban J connectivity index is 2.26. The maximum Gasteiger partial charge on any atom is 0.109 e. The molecule has 4 atom stereocenters. The van der Waals surface area contributed by atoms with Crippen molar-refractivity contribution in [2.45, 2.75) is 51.1 Å². The summed E-state index contributed by atoms with van der Waals surface area (Å²) in [7, 11) is 1.61. The van der Waals surface area contributed by atoms with Gasteiger partial charge in [-0.2, -0.15) is 0 Å². The minimum absolute atomic E-state index is 0.0972. The van der Waals surface area contributed by atoms with Crippen LogP contribution in [0, 0.1) is 0 Å². The van der Waals surface area contributed by atoms with Crippen LogP contribution < -0.4 is 0 Å². The second-order valence-corrected chi connectivity index (χ2v) is 3.40. The van der Waals surface area contributed by atoms with E-state index in [0.717, 1.165) is 6.42 Å². The third-order valence-electron chi connectivity index (χ3n) is 2.47. The molecule has 3 heteroatoms. The van der Waals surface area contributed by atoms with Crippen LogP contribution in [0.25, 0.3) is 0 Å². The lowest BCUT2D eigenvalue weighted by atomic mass is 9.88. The molecule has 4 unspecified atom stereocenters. The molecule has 0 aromatic rings. The normalized spacial score (nSPS) is 37.5. The fourth-order valence-corrected chi connectivity index (χ4v) is 1.39. The predicted octanol–water partition coefficient (Wildman–Crippen LogP) is 0.950. The summed E-state index contributed by atoms with van der Waals surface area (Å²) in [6.45, 7) is 4.12. The van der Waals surface area contributed by atoms with Gasteiger partial charge in [0.25, 0.3) is 0 Å². The van der Waals surface area contributed by atoms with E-state index in [9.17, 15) is 5.11 Å². The first kappa shape index (κ1) is 9.96. The van der Waals surface area contributed by atoms with Crippen molar-refractivity contribution < 1.29 is 14.6 Å². The van der Waals surface area contributed by atoms with Gasteiger partial charge in [-0.3, -0.25) is 0 Å². The third kappa shape index (κ3) is 1.97. The van der Waals surface area contributed by atoms with Gasteiger partial charge in [0, 0.05) is 13.5 Å². The van der Waals surface area contributed by atoms with Crippen LogP contribution in [0.2, 0.25) is 0 Å². The van der Waals surface area contributed by atoms with Gasteiger partial charge in [-0.25, -0.2) is 0 Å². The zero-order valence-electron chi connectivity index (χ0n) is 7.99.